The van der Waals surface area contributed by atoms with Gasteiger partial charge in [0.05, 0.1) is 12.5 Å². The molecule has 0 saturated heterocycles. The summed E-state index contributed by atoms with van der Waals surface area (Å²) >= 11 is 1.47. The van der Waals surface area contributed by atoms with Crippen LogP contribution in [-0.2, 0) is 0 Å². The molecule has 0 aromatic rings. The molecular weight excluding hydrogens is 196 g/mol. The summed E-state index contributed by atoms with van der Waals surface area (Å²) in [6.45, 7) is 0.683. The van der Waals surface area contributed by atoms with Crippen molar-refractivity contribution in [1.29, 1.82) is 10.5 Å². The molecular formula is C9H12N4S. The fourth-order valence-corrected chi connectivity index (χ4v) is 1.87. The second kappa shape index (κ2) is 5.51. The molecule has 0 N–H and O–H groups in total. The molecule has 1 fully saturated rings. The number of hydrogen-bond donors (Lipinski definition) is 0. The van der Waals surface area contributed by atoms with E-state index in [0.717, 1.165) is 18.0 Å². The van der Waals surface area contributed by atoms with Crippen LogP contribution < -0.4 is 0 Å². The zero-order valence-corrected chi connectivity index (χ0v) is 8.92. The van der Waals surface area contributed by atoms with Gasteiger partial charge in [-0.1, -0.05) is 11.8 Å². The number of nitriles is 2. The Labute approximate surface area is 88.2 Å². The second-order valence-electron chi connectivity index (χ2n) is 3.03. The maximum atomic E-state index is 8.51. The topological polar surface area (TPSA) is 63.2 Å². The van der Waals surface area contributed by atoms with E-state index in [2.05, 4.69) is 16.0 Å². The molecule has 0 radical (unpaired) electrons. The van der Waals surface area contributed by atoms with Crippen LogP contribution >= 0.6 is 11.8 Å². The Balaban J connectivity index is 2.61. The van der Waals surface area contributed by atoms with Crippen molar-refractivity contribution >= 4 is 16.9 Å². The molecule has 0 aliphatic heterocycles. The van der Waals surface area contributed by atoms with Crippen molar-refractivity contribution in [2.75, 3.05) is 12.8 Å². The third-order valence-corrected chi connectivity index (χ3v) is 2.72. The SMILES string of the molecule is CSC(=NC#N)N(CCC#N)C1CC1. The van der Waals surface area contributed by atoms with Crippen molar-refractivity contribution in [1.82, 2.24) is 4.90 Å². The van der Waals surface area contributed by atoms with Gasteiger partial charge in [-0.15, -0.1) is 4.99 Å². The van der Waals surface area contributed by atoms with E-state index in [4.69, 9.17) is 10.5 Å². The van der Waals surface area contributed by atoms with Crippen LogP contribution in [0.2, 0.25) is 0 Å². The standard InChI is InChI=1S/C9H12N4S/c1-14-9(12-7-11)13(6-2-5-10)8-3-4-8/h8H,2-4,6H2,1H3. The van der Waals surface area contributed by atoms with E-state index in [9.17, 15) is 0 Å². The molecule has 1 rings (SSSR count). The van der Waals surface area contributed by atoms with E-state index < -0.39 is 0 Å². The molecule has 5 heteroatoms. The fraction of sp³-hybridized carbons (Fsp3) is 0.667. The lowest BCUT2D eigenvalue weighted by Crippen LogP contribution is -2.31. The molecule has 1 aliphatic rings. The molecule has 0 amide bonds. The molecule has 0 unspecified atom stereocenters. The van der Waals surface area contributed by atoms with Gasteiger partial charge in [0.2, 0.25) is 6.19 Å². The zero-order chi connectivity index (χ0) is 10.4. The van der Waals surface area contributed by atoms with Crippen molar-refractivity contribution in [3.05, 3.63) is 0 Å². The van der Waals surface area contributed by atoms with Gasteiger partial charge in [-0.2, -0.15) is 10.5 Å². The normalized spacial score (nSPS) is 15.8. The van der Waals surface area contributed by atoms with Crippen LogP contribution in [0.15, 0.2) is 4.99 Å². The van der Waals surface area contributed by atoms with Gasteiger partial charge >= 0.3 is 0 Å². The molecule has 0 aromatic carbocycles. The van der Waals surface area contributed by atoms with Crippen molar-refractivity contribution < 1.29 is 0 Å². The molecule has 0 heterocycles. The van der Waals surface area contributed by atoms with E-state index in [1.165, 1.54) is 11.8 Å². The Kier molecular flexibility index (Phi) is 4.28. The van der Waals surface area contributed by atoms with E-state index in [1.54, 1.807) is 6.19 Å². The number of amidine groups is 1. The number of rotatable bonds is 3. The van der Waals surface area contributed by atoms with E-state index in [1.807, 2.05) is 6.26 Å². The van der Waals surface area contributed by atoms with Crippen LogP contribution in [0.3, 0.4) is 0 Å². The Morgan fingerprint density at radius 3 is 2.71 bits per heavy atom. The van der Waals surface area contributed by atoms with Gasteiger partial charge in [0.15, 0.2) is 5.17 Å². The summed E-state index contributed by atoms with van der Waals surface area (Å²) in [6.07, 6.45) is 6.49. The van der Waals surface area contributed by atoms with Crippen molar-refractivity contribution in [2.24, 2.45) is 4.99 Å². The molecule has 0 bridgehead atoms. The predicted molar refractivity (Wildman–Crippen MR) is 56.5 cm³/mol. The van der Waals surface area contributed by atoms with Crippen molar-refractivity contribution in [3.8, 4) is 12.3 Å². The first-order chi connectivity index (χ1) is 6.83. The van der Waals surface area contributed by atoms with Crippen LogP contribution in [-0.4, -0.2) is 28.9 Å². The summed E-state index contributed by atoms with van der Waals surface area (Å²) in [6, 6.07) is 2.62. The summed E-state index contributed by atoms with van der Waals surface area (Å²) in [7, 11) is 0. The number of thioether (sulfide) groups is 1. The van der Waals surface area contributed by atoms with Crippen LogP contribution in [0.5, 0.6) is 0 Å². The number of aliphatic imine (C=N–C) groups is 1. The average molecular weight is 208 g/mol. The molecule has 74 valence electrons. The highest BCUT2D eigenvalue weighted by Gasteiger charge is 2.30. The highest BCUT2D eigenvalue weighted by atomic mass is 32.2. The summed E-state index contributed by atoms with van der Waals surface area (Å²) in [5.41, 5.74) is 0. The van der Waals surface area contributed by atoms with Gasteiger partial charge in [-0.3, -0.25) is 0 Å². The van der Waals surface area contributed by atoms with E-state index in [-0.39, 0.29) is 0 Å². The largest absolute Gasteiger partial charge is 0.347 e. The second-order valence-corrected chi connectivity index (χ2v) is 3.80. The van der Waals surface area contributed by atoms with E-state index >= 15 is 0 Å². The summed E-state index contributed by atoms with van der Waals surface area (Å²) in [4.78, 5) is 5.83. The monoisotopic (exact) mass is 208 g/mol. The van der Waals surface area contributed by atoms with Crippen LogP contribution in [0.25, 0.3) is 0 Å². The molecule has 0 aromatic heterocycles. The minimum atomic E-state index is 0.488. The summed E-state index contributed by atoms with van der Waals surface area (Å²) in [5, 5.41) is 17.8. The average Bonchev–Trinajstić information content (AvgIpc) is 3.00. The van der Waals surface area contributed by atoms with Gasteiger partial charge in [0.1, 0.15) is 0 Å². The summed E-state index contributed by atoms with van der Waals surface area (Å²) < 4.78 is 0. The lowest BCUT2D eigenvalue weighted by atomic mass is 10.4. The molecule has 14 heavy (non-hydrogen) atoms. The third-order valence-electron chi connectivity index (χ3n) is 2.03. The Morgan fingerprint density at radius 1 is 1.57 bits per heavy atom. The van der Waals surface area contributed by atoms with Crippen LogP contribution in [0.1, 0.15) is 19.3 Å². The minimum Gasteiger partial charge on any atom is -0.347 e. The van der Waals surface area contributed by atoms with Crippen molar-refractivity contribution in [2.45, 2.75) is 25.3 Å². The predicted octanol–water partition coefficient (Wildman–Crippen LogP) is 1.56. The minimum absolute atomic E-state index is 0.488. The Morgan fingerprint density at radius 2 is 2.29 bits per heavy atom. The van der Waals surface area contributed by atoms with Gasteiger partial charge in [-0.25, -0.2) is 0 Å². The van der Waals surface area contributed by atoms with Gasteiger partial charge in [0.25, 0.3) is 0 Å². The lowest BCUT2D eigenvalue weighted by Gasteiger charge is -2.22. The maximum Gasteiger partial charge on any atom is 0.208 e. The Bertz CT molecular complexity index is 295. The smallest absolute Gasteiger partial charge is 0.208 e. The third kappa shape index (κ3) is 2.93. The maximum absolute atomic E-state index is 8.51. The molecule has 1 saturated carbocycles. The van der Waals surface area contributed by atoms with Crippen LogP contribution in [0.4, 0.5) is 0 Å². The zero-order valence-electron chi connectivity index (χ0n) is 8.10. The lowest BCUT2D eigenvalue weighted by molar-refractivity contribution is 0.426. The fourth-order valence-electron chi connectivity index (χ4n) is 1.26. The molecule has 0 spiro atoms. The van der Waals surface area contributed by atoms with Gasteiger partial charge in [0, 0.05) is 12.6 Å². The number of nitrogens with zero attached hydrogens (tertiary/aromatic N) is 4. The quantitative estimate of drug-likeness (QED) is 0.401. The van der Waals surface area contributed by atoms with Crippen molar-refractivity contribution in [3.63, 3.8) is 0 Å². The highest BCUT2D eigenvalue weighted by molar-refractivity contribution is 8.13. The van der Waals surface area contributed by atoms with Crippen LogP contribution in [0, 0.1) is 22.8 Å². The first-order valence-corrected chi connectivity index (χ1v) is 5.70. The van der Waals surface area contributed by atoms with Gasteiger partial charge < -0.3 is 4.90 Å². The molecule has 1 aliphatic carbocycles. The highest BCUT2D eigenvalue weighted by Crippen LogP contribution is 2.29. The van der Waals surface area contributed by atoms with E-state index in [0.29, 0.717) is 19.0 Å². The molecule has 0 atom stereocenters. The first kappa shape index (κ1) is 10.9. The number of hydrogen-bond acceptors (Lipinski definition) is 4. The summed E-state index contributed by atoms with van der Waals surface area (Å²) in [5.74, 6) is 0. The first-order valence-electron chi connectivity index (χ1n) is 4.47. The molecule has 4 nitrogen and oxygen atoms in total. The Hall–Kier alpha value is -1.20. The van der Waals surface area contributed by atoms with Gasteiger partial charge in [-0.05, 0) is 19.1 Å².